The van der Waals surface area contributed by atoms with Crippen molar-refractivity contribution in [1.82, 2.24) is 10.2 Å². The smallest absolute Gasteiger partial charge is 0.410 e. The van der Waals surface area contributed by atoms with Crippen LogP contribution in [0.3, 0.4) is 0 Å². The van der Waals surface area contributed by atoms with Gasteiger partial charge in [-0.25, -0.2) is 9.59 Å². The summed E-state index contributed by atoms with van der Waals surface area (Å²) in [6, 6.07) is 8.07. The lowest BCUT2D eigenvalue weighted by molar-refractivity contribution is -0.138. The van der Waals surface area contributed by atoms with Crippen molar-refractivity contribution in [3.8, 4) is 0 Å². The van der Waals surface area contributed by atoms with E-state index in [9.17, 15) is 19.5 Å². The number of nitrogens with zero attached hydrogens (tertiary/aromatic N) is 1. The molecule has 29 heavy (non-hydrogen) atoms. The number of hydrogen-bond donors (Lipinski definition) is 2. The number of carbonyl (C=O) groups excluding carboxylic acids is 2. The highest BCUT2D eigenvalue weighted by Crippen LogP contribution is 2.23. The highest BCUT2D eigenvalue weighted by Gasteiger charge is 2.36. The second-order valence-electron chi connectivity index (χ2n) is 8.15. The summed E-state index contributed by atoms with van der Waals surface area (Å²) in [4.78, 5) is 37.8. The molecule has 8 nitrogen and oxygen atoms in total. The molecular weight excluding hydrogens is 376 g/mol. The summed E-state index contributed by atoms with van der Waals surface area (Å²) < 4.78 is 10.7. The van der Waals surface area contributed by atoms with Crippen LogP contribution in [0.25, 0.3) is 0 Å². The maximum atomic E-state index is 12.7. The van der Waals surface area contributed by atoms with E-state index in [0.717, 1.165) is 18.4 Å². The summed E-state index contributed by atoms with van der Waals surface area (Å²) in [6.07, 6.45) is 0.676. The number of rotatable bonds is 6. The van der Waals surface area contributed by atoms with Crippen LogP contribution < -0.4 is 5.32 Å². The standard InChI is InChI=1S/C21H30N2O6/c1-21(2,3)29-19(26)22-16(13-18(24)25)17-11-7-8-12-23(17)20(27)28-14-15-9-5-4-6-10-15/h4-6,9-10,16-17H,7-8,11-14H2,1-3H3,(H,22,26)(H,24,25)/t16-,17+/m0/s1. The first-order chi connectivity index (χ1) is 13.7. The van der Waals surface area contributed by atoms with Gasteiger partial charge in [0.15, 0.2) is 0 Å². The van der Waals surface area contributed by atoms with Crippen molar-refractivity contribution in [2.45, 2.75) is 70.7 Å². The Morgan fingerprint density at radius 1 is 1.21 bits per heavy atom. The molecule has 2 atom stereocenters. The molecule has 2 amide bonds. The molecule has 0 unspecified atom stereocenters. The van der Waals surface area contributed by atoms with Crippen LogP contribution in [0, 0.1) is 0 Å². The first-order valence-corrected chi connectivity index (χ1v) is 9.84. The number of nitrogens with one attached hydrogen (secondary N) is 1. The third-order valence-corrected chi connectivity index (χ3v) is 4.55. The molecule has 160 valence electrons. The maximum Gasteiger partial charge on any atom is 0.410 e. The van der Waals surface area contributed by atoms with E-state index in [0.29, 0.717) is 13.0 Å². The van der Waals surface area contributed by atoms with Crippen LogP contribution in [-0.2, 0) is 20.9 Å². The largest absolute Gasteiger partial charge is 0.481 e. The zero-order valence-electron chi connectivity index (χ0n) is 17.2. The summed E-state index contributed by atoms with van der Waals surface area (Å²) in [6.45, 7) is 5.77. The predicted molar refractivity (Wildman–Crippen MR) is 106 cm³/mol. The molecule has 0 aliphatic carbocycles. The molecule has 0 bridgehead atoms. The number of carboxylic acid groups (broad SMARTS) is 1. The number of likely N-dealkylation sites (tertiary alicyclic amines) is 1. The topological polar surface area (TPSA) is 105 Å². The lowest BCUT2D eigenvalue weighted by Gasteiger charge is -2.39. The van der Waals surface area contributed by atoms with Gasteiger partial charge in [-0.2, -0.15) is 0 Å². The van der Waals surface area contributed by atoms with Crippen molar-refractivity contribution in [2.24, 2.45) is 0 Å². The third kappa shape index (κ3) is 7.63. The van der Waals surface area contributed by atoms with Gasteiger partial charge in [0.1, 0.15) is 12.2 Å². The summed E-state index contributed by atoms with van der Waals surface area (Å²) in [7, 11) is 0. The average molecular weight is 406 g/mol. The molecule has 2 rings (SSSR count). The Balaban J connectivity index is 2.08. The van der Waals surface area contributed by atoms with Crippen LogP contribution >= 0.6 is 0 Å². The van der Waals surface area contributed by atoms with Gasteiger partial charge in [-0.05, 0) is 45.6 Å². The molecule has 0 radical (unpaired) electrons. The molecule has 1 aromatic rings. The zero-order valence-corrected chi connectivity index (χ0v) is 17.2. The van der Waals surface area contributed by atoms with Crippen molar-refractivity contribution >= 4 is 18.2 Å². The van der Waals surface area contributed by atoms with Gasteiger partial charge < -0.3 is 24.8 Å². The maximum absolute atomic E-state index is 12.7. The van der Waals surface area contributed by atoms with Gasteiger partial charge >= 0.3 is 18.2 Å². The fraction of sp³-hybridized carbons (Fsp3) is 0.571. The number of carbonyl (C=O) groups is 3. The van der Waals surface area contributed by atoms with Gasteiger partial charge in [-0.15, -0.1) is 0 Å². The zero-order chi connectivity index (χ0) is 21.4. The second-order valence-corrected chi connectivity index (χ2v) is 8.15. The van der Waals surface area contributed by atoms with Gasteiger partial charge in [-0.3, -0.25) is 4.79 Å². The highest BCUT2D eigenvalue weighted by molar-refractivity contribution is 5.73. The van der Waals surface area contributed by atoms with E-state index in [-0.39, 0.29) is 13.0 Å². The van der Waals surface area contributed by atoms with Gasteiger partial charge in [0.25, 0.3) is 0 Å². The minimum Gasteiger partial charge on any atom is -0.481 e. The van der Waals surface area contributed by atoms with E-state index in [1.54, 1.807) is 20.8 Å². The number of benzene rings is 1. The van der Waals surface area contributed by atoms with E-state index in [1.165, 1.54) is 4.90 Å². The summed E-state index contributed by atoms with van der Waals surface area (Å²) in [5, 5.41) is 12.0. The Labute approximate surface area is 171 Å². The molecular formula is C21H30N2O6. The van der Waals surface area contributed by atoms with Gasteiger partial charge in [0, 0.05) is 6.54 Å². The SMILES string of the molecule is CC(C)(C)OC(=O)N[C@@H](CC(=O)O)[C@H]1CCCCN1C(=O)OCc1ccccc1. The number of hydrogen-bond acceptors (Lipinski definition) is 5. The Morgan fingerprint density at radius 3 is 2.52 bits per heavy atom. The molecule has 2 N–H and O–H groups in total. The van der Waals surface area contributed by atoms with Crippen LogP contribution in [0.5, 0.6) is 0 Å². The number of aliphatic carboxylic acids is 1. The van der Waals surface area contributed by atoms with Crippen LogP contribution in [0.4, 0.5) is 9.59 Å². The van der Waals surface area contributed by atoms with Crippen molar-refractivity contribution < 1.29 is 29.0 Å². The van der Waals surface area contributed by atoms with Crippen molar-refractivity contribution in [1.29, 1.82) is 0 Å². The number of carboxylic acids is 1. The van der Waals surface area contributed by atoms with Crippen molar-refractivity contribution in [3.05, 3.63) is 35.9 Å². The average Bonchev–Trinajstić information content (AvgIpc) is 2.64. The molecule has 1 saturated heterocycles. The highest BCUT2D eigenvalue weighted by atomic mass is 16.6. The van der Waals surface area contributed by atoms with Gasteiger partial charge in [0.05, 0.1) is 18.5 Å². The Hall–Kier alpha value is -2.77. The van der Waals surface area contributed by atoms with E-state index >= 15 is 0 Å². The van der Waals surface area contributed by atoms with E-state index in [2.05, 4.69) is 5.32 Å². The first-order valence-electron chi connectivity index (χ1n) is 9.84. The fourth-order valence-corrected chi connectivity index (χ4v) is 3.33. The molecule has 0 aromatic heterocycles. The van der Waals surface area contributed by atoms with Gasteiger partial charge in [-0.1, -0.05) is 30.3 Å². The molecule has 1 aliphatic rings. The van der Waals surface area contributed by atoms with Gasteiger partial charge in [0.2, 0.25) is 0 Å². The third-order valence-electron chi connectivity index (χ3n) is 4.55. The predicted octanol–water partition coefficient (Wildman–Crippen LogP) is 3.55. The van der Waals surface area contributed by atoms with Crippen LogP contribution in [0.2, 0.25) is 0 Å². The molecule has 0 spiro atoms. The Morgan fingerprint density at radius 2 is 1.90 bits per heavy atom. The Bertz CT molecular complexity index is 701. The lowest BCUT2D eigenvalue weighted by Crippen LogP contribution is -2.56. The normalized spacial score (nSPS) is 17.9. The molecule has 8 heteroatoms. The summed E-state index contributed by atoms with van der Waals surface area (Å²) >= 11 is 0. The van der Waals surface area contributed by atoms with Crippen molar-refractivity contribution in [3.63, 3.8) is 0 Å². The fourth-order valence-electron chi connectivity index (χ4n) is 3.33. The molecule has 0 saturated carbocycles. The summed E-state index contributed by atoms with van der Waals surface area (Å²) in [5.41, 5.74) is 0.155. The number of amides is 2. The Kier molecular flexibility index (Phi) is 7.87. The minimum absolute atomic E-state index is 0.131. The van der Waals surface area contributed by atoms with Crippen molar-refractivity contribution in [2.75, 3.05) is 6.54 Å². The van der Waals surface area contributed by atoms with E-state index in [4.69, 9.17) is 9.47 Å². The number of alkyl carbamates (subject to hydrolysis) is 1. The molecule has 1 heterocycles. The second kappa shape index (κ2) is 10.1. The van der Waals surface area contributed by atoms with Crippen LogP contribution in [0.15, 0.2) is 30.3 Å². The minimum atomic E-state index is -1.06. The number of piperidine rings is 1. The molecule has 1 aromatic carbocycles. The first kappa shape index (κ1) is 22.5. The molecule has 1 aliphatic heterocycles. The van der Waals surface area contributed by atoms with E-state index in [1.807, 2.05) is 30.3 Å². The lowest BCUT2D eigenvalue weighted by atomic mass is 9.94. The van der Waals surface area contributed by atoms with E-state index < -0.39 is 35.8 Å². The monoisotopic (exact) mass is 406 g/mol. The van der Waals surface area contributed by atoms with Crippen LogP contribution in [-0.4, -0.2) is 52.4 Å². The van der Waals surface area contributed by atoms with Crippen LogP contribution in [0.1, 0.15) is 52.0 Å². The summed E-state index contributed by atoms with van der Waals surface area (Å²) in [5.74, 6) is -1.06. The quantitative estimate of drug-likeness (QED) is 0.749. The molecule has 1 fully saturated rings. The number of ether oxygens (including phenoxy) is 2.